The van der Waals surface area contributed by atoms with E-state index in [-0.39, 0.29) is 18.3 Å². The fourth-order valence-electron chi connectivity index (χ4n) is 3.69. The van der Waals surface area contributed by atoms with Gasteiger partial charge in [0, 0.05) is 23.6 Å². The maximum Gasteiger partial charge on any atom is 0.237 e. The van der Waals surface area contributed by atoms with Crippen molar-refractivity contribution in [3.8, 4) is 0 Å². The summed E-state index contributed by atoms with van der Waals surface area (Å²) in [5, 5.41) is 4.22. The van der Waals surface area contributed by atoms with Crippen LogP contribution in [0.15, 0.2) is 30.5 Å². The number of carbonyl (C=O) groups excluding carboxylic acids is 1. The molecule has 1 aliphatic rings. The Bertz CT molecular complexity index is 669. The number of fused-ring (bicyclic) bond motifs is 1. The summed E-state index contributed by atoms with van der Waals surface area (Å²) in [5.41, 5.74) is 8.32. The summed E-state index contributed by atoms with van der Waals surface area (Å²) in [4.78, 5) is 15.5. The van der Waals surface area contributed by atoms with Crippen LogP contribution in [0.4, 0.5) is 0 Å². The summed E-state index contributed by atoms with van der Waals surface area (Å²) < 4.78 is 0. The molecule has 1 fully saturated rings. The van der Waals surface area contributed by atoms with Crippen LogP contribution in [0.3, 0.4) is 0 Å². The molecule has 0 bridgehead atoms. The van der Waals surface area contributed by atoms with Gasteiger partial charge in [-0.3, -0.25) is 4.79 Å². The van der Waals surface area contributed by atoms with Crippen molar-refractivity contribution < 1.29 is 4.79 Å². The minimum atomic E-state index is -0.492. The number of hydrogen-bond acceptors (Lipinski definition) is 2. The quantitative estimate of drug-likeness (QED) is 0.774. The van der Waals surface area contributed by atoms with Crippen molar-refractivity contribution in [3.63, 3.8) is 0 Å². The van der Waals surface area contributed by atoms with Gasteiger partial charge in [0.25, 0.3) is 0 Å². The largest absolute Gasteiger partial charge is 0.361 e. The molecule has 4 nitrogen and oxygen atoms in total. The lowest BCUT2D eigenvalue weighted by Gasteiger charge is -2.29. The van der Waals surface area contributed by atoms with Crippen LogP contribution in [-0.2, 0) is 11.2 Å². The summed E-state index contributed by atoms with van der Waals surface area (Å²) in [6.07, 6.45) is 7.64. The zero-order valence-corrected chi connectivity index (χ0v) is 15.1. The van der Waals surface area contributed by atoms with E-state index in [9.17, 15) is 4.79 Å². The average Bonchev–Trinajstić information content (AvgIpc) is 2.97. The molecule has 1 amide bonds. The number of nitrogens with one attached hydrogen (secondary N) is 2. The summed E-state index contributed by atoms with van der Waals surface area (Å²) in [6, 6.07) is 7.62. The van der Waals surface area contributed by atoms with Crippen LogP contribution in [0.5, 0.6) is 0 Å². The number of rotatable bonds is 5. The van der Waals surface area contributed by atoms with Crippen LogP contribution in [0, 0.1) is 11.8 Å². The topological polar surface area (TPSA) is 70.9 Å². The highest BCUT2D eigenvalue weighted by atomic mass is 35.5. The van der Waals surface area contributed by atoms with E-state index in [1.807, 2.05) is 24.4 Å². The molecule has 1 saturated carbocycles. The van der Waals surface area contributed by atoms with Crippen LogP contribution in [0.2, 0.25) is 0 Å². The predicted molar refractivity (Wildman–Crippen MR) is 101 cm³/mol. The summed E-state index contributed by atoms with van der Waals surface area (Å²) >= 11 is 0. The van der Waals surface area contributed by atoms with Crippen LogP contribution < -0.4 is 11.1 Å². The van der Waals surface area contributed by atoms with E-state index < -0.39 is 6.04 Å². The standard InChI is InChI=1S/C19H27N3O.ClH/c1-13-6-2-3-7-14(13)11-22-19(23)17(20)10-15-12-21-18-9-5-4-8-16(15)18;/h4-5,8-9,12-14,17,21H,2-3,6-7,10-11,20H2,1H3,(H,22,23);1H/t13?,14?,17-;/m0./s1. The van der Waals surface area contributed by atoms with Crippen molar-refractivity contribution in [2.75, 3.05) is 6.54 Å². The molecule has 1 aromatic heterocycles. The third-order valence-electron chi connectivity index (χ3n) is 5.28. The van der Waals surface area contributed by atoms with Gasteiger partial charge in [0.1, 0.15) is 0 Å². The van der Waals surface area contributed by atoms with Gasteiger partial charge in [-0.1, -0.05) is 44.4 Å². The monoisotopic (exact) mass is 349 g/mol. The maximum atomic E-state index is 12.3. The van der Waals surface area contributed by atoms with Gasteiger partial charge < -0.3 is 16.0 Å². The van der Waals surface area contributed by atoms with Crippen molar-refractivity contribution >= 4 is 29.2 Å². The van der Waals surface area contributed by atoms with Gasteiger partial charge in [-0.05, 0) is 36.3 Å². The number of carbonyl (C=O) groups is 1. The lowest BCUT2D eigenvalue weighted by Crippen LogP contribution is -2.44. The summed E-state index contributed by atoms with van der Waals surface area (Å²) in [7, 11) is 0. The van der Waals surface area contributed by atoms with Crippen molar-refractivity contribution in [3.05, 3.63) is 36.0 Å². The highest BCUT2D eigenvalue weighted by molar-refractivity contribution is 5.86. The Hall–Kier alpha value is -1.52. The third kappa shape index (κ3) is 4.31. The molecule has 132 valence electrons. The van der Waals surface area contributed by atoms with Crippen molar-refractivity contribution in [1.29, 1.82) is 0 Å². The molecule has 24 heavy (non-hydrogen) atoms. The number of aromatic amines is 1. The molecule has 1 aromatic carbocycles. The molecule has 2 aromatic rings. The average molecular weight is 350 g/mol. The van der Waals surface area contributed by atoms with E-state index in [4.69, 9.17) is 5.73 Å². The zero-order valence-electron chi connectivity index (χ0n) is 14.3. The number of para-hydroxylation sites is 1. The molecular formula is C19H28ClN3O. The van der Waals surface area contributed by atoms with Crippen molar-refractivity contribution in [2.45, 2.75) is 45.1 Å². The van der Waals surface area contributed by atoms with E-state index in [1.54, 1.807) is 0 Å². The Morgan fingerprint density at radius 3 is 2.88 bits per heavy atom. The molecule has 1 aliphatic carbocycles. The smallest absolute Gasteiger partial charge is 0.237 e. The highest BCUT2D eigenvalue weighted by Crippen LogP contribution is 2.28. The molecule has 3 rings (SSSR count). The molecule has 5 heteroatoms. The molecule has 4 N–H and O–H groups in total. The first-order chi connectivity index (χ1) is 11.1. The highest BCUT2D eigenvalue weighted by Gasteiger charge is 2.23. The lowest BCUT2D eigenvalue weighted by atomic mass is 9.80. The van der Waals surface area contributed by atoms with E-state index in [1.165, 1.54) is 25.7 Å². The Kier molecular flexibility index (Phi) is 6.69. The fourth-order valence-corrected chi connectivity index (χ4v) is 3.69. The molecule has 0 aliphatic heterocycles. The molecule has 3 atom stereocenters. The molecular weight excluding hydrogens is 322 g/mol. The van der Waals surface area contributed by atoms with Crippen LogP contribution in [0.25, 0.3) is 10.9 Å². The third-order valence-corrected chi connectivity index (χ3v) is 5.28. The van der Waals surface area contributed by atoms with Gasteiger partial charge in [-0.15, -0.1) is 12.4 Å². The number of halogens is 1. The SMILES string of the molecule is CC1CCCCC1CNC(=O)[C@@H](N)Cc1c[nH]c2ccccc12.Cl. The second kappa shape index (κ2) is 8.54. The van der Waals surface area contributed by atoms with E-state index in [2.05, 4.69) is 23.3 Å². The van der Waals surface area contributed by atoms with Gasteiger partial charge in [-0.2, -0.15) is 0 Å². The van der Waals surface area contributed by atoms with Gasteiger partial charge in [0.2, 0.25) is 5.91 Å². The van der Waals surface area contributed by atoms with Crippen LogP contribution in [0.1, 0.15) is 38.2 Å². The van der Waals surface area contributed by atoms with Gasteiger partial charge in [-0.25, -0.2) is 0 Å². The summed E-state index contributed by atoms with van der Waals surface area (Å²) in [6.45, 7) is 3.06. The van der Waals surface area contributed by atoms with Crippen LogP contribution >= 0.6 is 12.4 Å². The molecule has 0 spiro atoms. The molecule has 2 unspecified atom stereocenters. The zero-order chi connectivity index (χ0) is 16.2. The van der Waals surface area contributed by atoms with E-state index in [0.29, 0.717) is 18.3 Å². The maximum absolute atomic E-state index is 12.3. The Labute approximate surface area is 150 Å². The first kappa shape index (κ1) is 18.8. The second-order valence-electron chi connectivity index (χ2n) is 6.94. The molecule has 1 heterocycles. The van der Waals surface area contributed by atoms with Gasteiger partial charge in [0.15, 0.2) is 0 Å². The molecule has 0 radical (unpaired) electrons. The first-order valence-corrected chi connectivity index (χ1v) is 8.73. The van der Waals surface area contributed by atoms with E-state index in [0.717, 1.165) is 23.0 Å². The Morgan fingerprint density at radius 2 is 2.08 bits per heavy atom. The number of nitrogens with two attached hydrogens (primary N) is 1. The Balaban J connectivity index is 0.00000208. The van der Waals surface area contributed by atoms with Crippen molar-refractivity contribution in [2.24, 2.45) is 17.6 Å². The first-order valence-electron chi connectivity index (χ1n) is 8.73. The Morgan fingerprint density at radius 1 is 1.33 bits per heavy atom. The number of H-pyrrole nitrogens is 1. The van der Waals surface area contributed by atoms with Crippen LogP contribution in [-0.4, -0.2) is 23.5 Å². The number of aromatic nitrogens is 1. The normalized spacial score (nSPS) is 21.9. The number of hydrogen-bond donors (Lipinski definition) is 3. The molecule has 0 saturated heterocycles. The van der Waals surface area contributed by atoms with Gasteiger partial charge >= 0.3 is 0 Å². The van der Waals surface area contributed by atoms with E-state index >= 15 is 0 Å². The van der Waals surface area contributed by atoms with Gasteiger partial charge in [0.05, 0.1) is 6.04 Å². The fraction of sp³-hybridized carbons (Fsp3) is 0.526. The summed E-state index contributed by atoms with van der Waals surface area (Å²) in [5.74, 6) is 1.27. The van der Waals surface area contributed by atoms with Crippen molar-refractivity contribution in [1.82, 2.24) is 10.3 Å². The lowest BCUT2D eigenvalue weighted by molar-refractivity contribution is -0.122. The number of amides is 1. The minimum absolute atomic E-state index is 0. The second-order valence-corrected chi connectivity index (χ2v) is 6.94. The number of benzene rings is 1. The predicted octanol–water partition coefficient (Wildman–Crippen LogP) is 3.40. The minimum Gasteiger partial charge on any atom is -0.361 e.